The van der Waals surface area contributed by atoms with Crippen LogP contribution in [0.5, 0.6) is 0 Å². The molecule has 0 spiro atoms. The van der Waals surface area contributed by atoms with Crippen molar-refractivity contribution >= 4 is 7.82 Å². The average Bonchev–Trinajstić information content (AvgIpc) is 3.68. The lowest BCUT2D eigenvalue weighted by Gasteiger charge is -2.48. The van der Waals surface area contributed by atoms with Crippen molar-refractivity contribution in [2.24, 2.45) is 0 Å². The van der Waals surface area contributed by atoms with E-state index in [1.54, 1.807) is 13.8 Å². The summed E-state index contributed by atoms with van der Waals surface area (Å²) in [6.07, 6.45) is -7.96. The maximum Gasteiger partial charge on any atom is 0.475 e. The SMILES string of the molecule is CC1(C)OC[C@@H](COP(=O)(OCc2ccccc2)O[C@H]2[C@H](OCOCc3ccccc3)[C@@H](OCc3ccccc3)[C@H](OCc3ccccc3)[C@@H](O)[C@H]2OCOCc2ccccc2)O1. The van der Waals surface area contributed by atoms with Crippen LogP contribution in [-0.2, 0) is 89.1 Å². The second-order valence-corrected chi connectivity index (χ2v) is 17.3. The van der Waals surface area contributed by atoms with E-state index in [0.717, 1.165) is 27.8 Å². The van der Waals surface area contributed by atoms with Gasteiger partial charge in [0.05, 0.1) is 46.2 Å². The van der Waals surface area contributed by atoms with Crippen LogP contribution in [0.4, 0.5) is 0 Å². The van der Waals surface area contributed by atoms with Gasteiger partial charge in [0.2, 0.25) is 0 Å². The molecule has 14 heteroatoms. The van der Waals surface area contributed by atoms with E-state index >= 15 is 4.57 Å². The van der Waals surface area contributed by atoms with Gasteiger partial charge in [-0.2, -0.15) is 0 Å². The van der Waals surface area contributed by atoms with E-state index < -0.39 is 56.3 Å². The number of phosphoric acid groups is 1. The number of benzene rings is 5. The number of ether oxygens (including phenoxy) is 8. The van der Waals surface area contributed by atoms with Crippen molar-refractivity contribution in [2.45, 2.75) is 95.4 Å². The van der Waals surface area contributed by atoms with E-state index in [1.165, 1.54) is 0 Å². The first-order chi connectivity index (χ1) is 30.7. The van der Waals surface area contributed by atoms with Crippen molar-refractivity contribution in [3.05, 3.63) is 179 Å². The number of aliphatic hydroxyl groups is 1. The van der Waals surface area contributed by atoms with E-state index in [1.807, 2.05) is 152 Å². The van der Waals surface area contributed by atoms with Crippen LogP contribution >= 0.6 is 7.82 Å². The molecule has 0 bridgehead atoms. The summed E-state index contributed by atoms with van der Waals surface area (Å²) in [7, 11) is -4.59. The van der Waals surface area contributed by atoms with Crippen LogP contribution in [0.15, 0.2) is 152 Å². The van der Waals surface area contributed by atoms with Crippen molar-refractivity contribution in [1.82, 2.24) is 0 Å². The Labute approximate surface area is 369 Å². The number of hydrogen-bond acceptors (Lipinski definition) is 13. The fourth-order valence-corrected chi connectivity index (χ4v) is 8.66. The first-order valence-electron chi connectivity index (χ1n) is 21.1. The molecule has 1 aliphatic heterocycles. The zero-order valence-corrected chi connectivity index (χ0v) is 36.5. The molecular weight excluding hydrogens is 827 g/mol. The fraction of sp³-hybridized carbons (Fsp3) is 0.388. The summed E-state index contributed by atoms with van der Waals surface area (Å²) in [6, 6.07) is 47.7. The van der Waals surface area contributed by atoms with E-state index in [0.29, 0.717) is 0 Å². The van der Waals surface area contributed by atoms with Gasteiger partial charge in [0.25, 0.3) is 0 Å². The Balaban J connectivity index is 1.23. The highest BCUT2D eigenvalue weighted by Crippen LogP contribution is 2.54. The van der Waals surface area contributed by atoms with Gasteiger partial charge in [-0.3, -0.25) is 13.6 Å². The Bertz CT molecular complexity index is 2080. The Kier molecular flexibility index (Phi) is 17.6. The summed E-state index contributed by atoms with van der Waals surface area (Å²) < 4.78 is 84.1. The Morgan fingerprint density at radius 1 is 0.524 bits per heavy atom. The third-order valence-corrected chi connectivity index (χ3v) is 11.8. The Morgan fingerprint density at radius 2 is 0.921 bits per heavy atom. The van der Waals surface area contributed by atoms with Crippen LogP contribution < -0.4 is 0 Å². The first-order valence-corrected chi connectivity index (χ1v) is 22.6. The molecule has 1 aliphatic carbocycles. The van der Waals surface area contributed by atoms with Gasteiger partial charge >= 0.3 is 7.82 Å². The van der Waals surface area contributed by atoms with E-state index in [9.17, 15) is 5.11 Å². The highest BCUT2D eigenvalue weighted by Gasteiger charge is 2.56. The Morgan fingerprint density at radius 3 is 1.38 bits per heavy atom. The quantitative estimate of drug-likeness (QED) is 0.0360. The first kappa shape index (κ1) is 46.8. The van der Waals surface area contributed by atoms with Crippen molar-refractivity contribution in [2.75, 3.05) is 26.8 Å². The molecule has 5 aromatic carbocycles. The summed E-state index contributed by atoms with van der Waals surface area (Å²) >= 11 is 0. The molecule has 0 radical (unpaired) electrons. The molecule has 0 amide bonds. The van der Waals surface area contributed by atoms with E-state index in [2.05, 4.69) is 0 Å². The molecule has 1 saturated heterocycles. The molecule has 8 atom stereocenters. The standard InChI is InChI=1S/C49H57O13P/c1-49(2)58-33-42(61-49)34-60-63(51,59-32-41-26-16-7-17-27-41)62-48-45(56-35-52-28-37-18-8-3-9-19-37)43(50)44(54-30-39-22-12-5-13-23-39)46(55-31-40-24-14-6-15-25-40)47(48)57-36-53-29-38-20-10-4-11-21-38/h3-27,42-48,50H,28-36H2,1-2H3/t42-,43+,44+,45+,46-,47+,48+,63?/m0/s1. The zero-order chi connectivity index (χ0) is 43.7. The van der Waals surface area contributed by atoms with E-state index in [4.69, 9.17) is 51.5 Å². The average molecular weight is 885 g/mol. The minimum atomic E-state index is -4.59. The second-order valence-electron chi connectivity index (χ2n) is 15.7. The molecule has 0 aromatic heterocycles. The summed E-state index contributed by atoms with van der Waals surface area (Å²) in [4.78, 5) is 0. The van der Waals surface area contributed by atoms with Gasteiger partial charge in [-0.25, -0.2) is 4.57 Å². The maximum absolute atomic E-state index is 15.2. The van der Waals surface area contributed by atoms with E-state index in [-0.39, 0.29) is 59.8 Å². The van der Waals surface area contributed by atoms with Gasteiger partial charge < -0.3 is 43.0 Å². The third kappa shape index (κ3) is 14.4. The summed E-state index contributed by atoms with van der Waals surface area (Å²) in [5, 5.41) is 12.5. The summed E-state index contributed by atoms with van der Waals surface area (Å²) in [5.41, 5.74) is 4.30. The molecule has 13 nitrogen and oxygen atoms in total. The minimum absolute atomic E-state index is 0.111. The van der Waals surface area contributed by atoms with Crippen molar-refractivity contribution < 1.29 is 61.1 Å². The van der Waals surface area contributed by atoms with Gasteiger partial charge in [0.1, 0.15) is 56.3 Å². The fourth-order valence-electron chi connectivity index (χ4n) is 7.27. The van der Waals surface area contributed by atoms with Crippen molar-refractivity contribution in [3.8, 4) is 0 Å². The summed E-state index contributed by atoms with van der Waals surface area (Å²) in [5.74, 6) is -0.868. The van der Waals surface area contributed by atoms with Gasteiger partial charge in [-0.1, -0.05) is 152 Å². The van der Waals surface area contributed by atoms with Crippen LogP contribution in [0.1, 0.15) is 41.7 Å². The molecule has 63 heavy (non-hydrogen) atoms. The molecule has 336 valence electrons. The van der Waals surface area contributed by atoms with Gasteiger partial charge in [0, 0.05) is 0 Å². The van der Waals surface area contributed by atoms with Crippen LogP contribution in [0.3, 0.4) is 0 Å². The third-order valence-electron chi connectivity index (χ3n) is 10.4. The lowest BCUT2D eigenvalue weighted by molar-refractivity contribution is -0.288. The monoisotopic (exact) mass is 884 g/mol. The van der Waals surface area contributed by atoms with Gasteiger partial charge in [-0.15, -0.1) is 0 Å². The number of aliphatic hydroxyl groups excluding tert-OH is 1. The smallest absolute Gasteiger partial charge is 0.387 e. The highest BCUT2D eigenvalue weighted by atomic mass is 31.2. The minimum Gasteiger partial charge on any atom is -0.387 e. The topological polar surface area (TPSA) is 139 Å². The van der Waals surface area contributed by atoms with Crippen LogP contribution in [0.25, 0.3) is 0 Å². The normalized spacial score (nSPS) is 24.2. The van der Waals surface area contributed by atoms with Gasteiger partial charge in [-0.05, 0) is 41.7 Å². The second kappa shape index (κ2) is 23.7. The molecular formula is C49H57O13P. The molecule has 7 rings (SSSR count). The van der Waals surface area contributed by atoms with Crippen LogP contribution in [0.2, 0.25) is 0 Å². The molecule has 5 aromatic rings. The Hall–Kier alpha value is -4.15. The maximum atomic E-state index is 15.2. The lowest BCUT2D eigenvalue weighted by atomic mass is 9.84. The molecule has 1 saturated carbocycles. The van der Waals surface area contributed by atoms with Crippen LogP contribution in [0, 0.1) is 0 Å². The van der Waals surface area contributed by atoms with Crippen molar-refractivity contribution in [3.63, 3.8) is 0 Å². The van der Waals surface area contributed by atoms with Crippen molar-refractivity contribution in [1.29, 1.82) is 0 Å². The van der Waals surface area contributed by atoms with Crippen LogP contribution in [-0.4, -0.2) is 80.4 Å². The molecule has 1 N–H and O–H groups in total. The van der Waals surface area contributed by atoms with Gasteiger partial charge in [0.15, 0.2) is 5.79 Å². The molecule has 2 aliphatic rings. The number of hydrogen-bond donors (Lipinski definition) is 1. The number of rotatable bonds is 24. The highest BCUT2D eigenvalue weighted by molar-refractivity contribution is 7.48. The molecule has 1 unspecified atom stereocenters. The zero-order valence-electron chi connectivity index (χ0n) is 35.6. The predicted molar refractivity (Wildman–Crippen MR) is 233 cm³/mol. The molecule has 1 heterocycles. The predicted octanol–water partition coefficient (Wildman–Crippen LogP) is 8.53. The number of phosphoric ester groups is 1. The molecule has 2 fully saturated rings. The summed E-state index contributed by atoms with van der Waals surface area (Å²) in [6.45, 7) is 3.60. The largest absolute Gasteiger partial charge is 0.475 e. The lowest BCUT2D eigenvalue weighted by Crippen LogP contribution is -2.67.